The van der Waals surface area contributed by atoms with E-state index in [1.807, 2.05) is 17.8 Å². The lowest BCUT2D eigenvalue weighted by molar-refractivity contribution is 0.532. The average Bonchev–Trinajstić information content (AvgIpc) is 2.63. The number of hydrogen-bond acceptors (Lipinski definition) is 3. The van der Waals surface area contributed by atoms with Crippen LogP contribution in [0.1, 0.15) is 25.5 Å². The molecule has 0 aliphatic heterocycles. The number of nitrogens with one attached hydrogen (secondary N) is 1. The third-order valence-electron chi connectivity index (χ3n) is 1.94. The fourth-order valence-electron chi connectivity index (χ4n) is 1.20. The fourth-order valence-corrected chi connectivity index (χ4v) is 2.21. The second kappa shape index (κ2) is 8.08. The van der Waals surface area contributed by atoms with Crippen molar-refractivity contribution in [3.63, 3.8) is 0 Å². The predicted octanol–water partition coefficient (Wildman–Crippen LogP) is 3.56. The Labute approximate surface area is 101 Å². The van der Waals surface area contributed by atoms with Gasteiger partial charge in [0.2, 0.25) is 0 Å². The monoisotopic (exact) mass is 247 g/mol. The molecule has 1 aromatic rings. The van der Waals surface area contributed by atoms with E-state index in [9.17, 15) is 0 Å². The van der Waals surface area contributed by atoms with Gasteiger partial charge in [-0.25, -0.2) is 0 Å². The molecule has 0 atom stereocenters. The summed E-state index contributed by atoms with van der Waals surface area (Å²) in [6.45, 7) is 4.42. The van der Waals surface area contributed by atoms with Crippen LogP contribution >= 0.6 is 23.4 Å². The van der Waals surface area contributed by atoms with Gasteiger partial charge < -0.3 is 9.73 Å². The fraction of sp³-hybridized carbons (Fsp3) is 0.636. The maximum absolute atomic E-state index is 5.67. The molecule has 1 heterocycles. The zero-order valence-corrected chi connectivity index (χ0v) is 10.7. The van der Waals surface area contributed by atoms with Crippen LogP contribution in [-0.2, 0) is 5.75 Å². The molecule has 0 aliphatic carbocycles. The Bertz CT molecular complexity index is 265. The molecule has 15 heavy (non-hydrogen) atoms. The first-order chi connectivity index (χ1) is 7.33. The highest BCUT2D eigenvalue weighted by Crippen LogP contribution is 2.18. The van der Waals surface area contributed by atoms with E-state index < -0.39 is 0 Å². The zero-order valence-electron chi connectivity index (χ0n) is 9.09. The first-order valence-corrected chi connectivity index (χ1v) is 6.89. The van der Waals surface area contributed by atoms with Gasteiger partial charge in [0.1, 0.15) is 5.76 Å². The molecule has 0 radical (unpaired) electrons. The van der Waals surface area contributed by atoms with Crippen molar-refractivity contribution in [3.05, 3.63) is 23.1 Å². The van der Waals surface area contributed by atoms with Gasteiger partial charge in [-0.15, -0.1) is 0 Å². The molecule has 1 N–H and O–H groups in total. The molecule has 0 spiro atoms. The summed E-state index contributed by atoms with van der Waals surface area (Å²) in [5.74, 6) is 3.04. The van der Waals surface area contributed by atoms with E-state index in [0.29, 0.717) is 5.22 Å². The maximum Gasteiger partial charge on any atom is 0.193 e. The summed E-state index contributed by atoms with van der Waals surface area (Å²) < 4.78 is 5.26. The molecule has 0 aromatic carbocycles. The summed E-state index contributed by atoms with van der Waals surface area (Å²) in [6, 6.07) is 3.73. The van der Waals surface area contributed by atoms with Gasteiger partial charge in [0.25, 0.3) is 0 Å². The normalized spacial score (nSPS) is 10.8. The van der Waals surface area contributed by atoms with Crippen LogP contribution in [0.3, 0.4) is 0 Å². The Balaban J connectivity index is 1.93. The van der Waals surface area contributed by atoms with Crippen LogP contribution in [0.25, 0.3) is 0 Å². The molecule has 2 nitrogen and oxygen atoms in total. The van der Waals surface area contributed by atoms with E-state index in [1.165, 1.54) is 12.8 Å². The molecular formula is C11H18ClNOS. The molecule has 0 unspecified atom stereocenters. The molecule has 0 aliphatic rings. The molecular weight excluding hydrogens is 230 g/mol. The van der Waals surface area contributed by atoms with Gasteiger partial charge in [-0.2, -0.15) is 11.8 Å². The number of furan rings is 1. The SMILES string of the molecule is CCCNCCCSCc1ccc(Cl)o1. The Hall–Kier alpha value is -0.120. The van der Waals surface area contributed by atoms with Crippen LogP contribution in [0.2, 0.25) is 5.22 Å². The van der Waals surface area contributed by atoms with E-state index in [1.54, 1.807) is 6.07 Å². The minimum absolute atomic E-state index is 0.482. The van der Waals surface area contributed by atoms with Crippen LogP contribution in [0.4, 0.5) is 0 Å². The van der Waals surface area contributed by atoms with E-state index in [-0.39, 0.29) is 0 Å². The van der Waals surface area contributed by atoms with Crippen molar-refractivity contribution in [3.8, 4) is 0 Å². The smallest absolute Gasteiger partial charge is 0.193 e. The quantitative estimate of drug-likeness (QED) is 0.712. The highest BCUT2D eigenvalue weighted by Gasteiger charge is 1.99. The molecule has 4 heteroatoms. The molecule has 86 valence electrons. The molecule has 0 saturated heterocycles. The molecule has 0 fully saturated rings. The summed E-state index contributed by atoms with van der Waals surface area (Å²) in [5, 5.41) is 3.86. The van der Waals surface area contributed by atoms with Crippen molar-refractivity contribution in [2.45, 2.75) is 25.5 Å². The second-order valence-electron chi connectivity index (χ2n) is 3.36. The highest BCUT2D eigenvalue weighted by atomic mass is 35.5. The number of rotatable bonds is 8. The Morgan fingerprint density at radius 2 is 2.27 bits per heavy atom. The van der Waals surface area contributed by atoms with Gasteiger partial charge in [0.15, 0.2) is 5.22 Å². The minimum atomic E-state index is 0.482. The summed E-state index contributed by atoms with van der Waals surface area (Å²) in [4.78, 5) is 0. The Morgan fingerprint density at radius 1 is 1.40 bits per heavy atom. The third kappa shape index (κ3) is 6.13. The number of halogens is 1. The average molecular weight is 248 g/mol. The number of thioether (sulfide) groups is 1. The summed E-state index contributed by atoms with van der Waals surface area (Å²) in [7, 11) is 0. The van der Waals surface area contributed by atoms with Crippen molar-refractivity contribution in [1.29, 1.82) is 0 Å². The van der Waals surface area contributed by atoms with Gasteiger partial charge in [0, 0.05) is 0 Å². The summed E-state index contributed by atoms with van der Waals surface area (Å²) in [6.07, 6.45) is 2.41. The van der Waals surface area contributed by atoms with Crippen LogP contribution in [0, 0.1) is 0 Å². The van der Waals surface area contributed by atoms with Crippen molar-refractivity contribution in [2.24, 2.45) is 0 Å². The van der Waals surface area contributed by atoms with Crippen molar-refractivity contribution in [1.82, 2.24) is 5.32 Å². The standard InChI is InChI=1S/C11H18ClNOS/c1-2-6-13-7-3-8-15-9-10-4-5-11(12)14-10/h4-5,13H,2-3,6-9H2,1H3. The van der Waals surface area contributed by atoms with Crippen molar-refractivity contribution < 1.29 is 4.42 Å². The first kappa shape index (κ1) is 12.9. The lowest BCUT2D eigenvalue weighted by Crippen LogP contribution is -2.16. The van der Waals surface area contributed by atoms with Crippen LogP contribution < -0.4 is 5.32 Å². The Kier molecular flexibility index (Phi) is 6.98. The molecule has 0 bridgehead atoms. The first-order valence-electron chi connectivity index (χ1n) is 5.35. The third-order valence-corrected chi connectivity index (χ3v) is 3.21. The van der Waals surface area contributed by atoms with Gasteiger partial charge >= 0.3 is 0 Å². The van der Waals surface area contributed by atoms with Crippen LogP contribution in [0.5, 0.6) is 0 Å². The van der Waals surface area contributed by atoms with E-state index in [2.05, 4.69) is 12.2 Å². The van der Waals surface area contributed by atoms with Crippen molar-refractivity contribution >= 4 is 23.4 Å². The largest absolute Gasteiger partial charge is 0.449 e. The molecule has 1 aromatic heterocycles. The second-order valence-corrected chi connectivity index (χ2v) is 4.84. The van der Waals surface area contributed by atoms with Crippen molar-refractivity contribution in [2.75, 3.05) is 18.8 Å². The molecule has 0 amide bonds. The van der Waals surface area contributed by atoms with E-state index in [4.69, 9.17) is 16.0 Å². The van der Waals surface area contributed by atoms with Gasteiger partial charge in [-0.1, -0.05) is 6.92 Å². The van der Waals surface area contributed by atoms with Crippen LogP contribution in [0.15, 0.2) is 16.5 Å². The maximum atomic E-state index is 5.67. The van der Waals surface area contributed by atoms with E-state index >= 15 is 0 Å². The topological polar surface area (TPSA) is 25.2 Å². The predicted molar refractivity (Wildman–Crippen MR) is 67.7 cm³/mol. The van der Waals surface area contributed by atoms with Gasteiger partial charge in [-0.3, -0.25) is 0 Å². The van der Waals surface area contributed by atoms with Gasteiger partial charge in [0.05, 0.1) is 5.75 Å². The highest BCUT2D eigenvalue weighted by molar-refractivity contribution is 7.98. The lowest BCUT2D eigenvalue weighted by Gasteiger charge is -2.01. The summed E-state index contributed by atoms with van der Waals surface area (Å²) in [5.41, 5.74) is 0. The van der Waals surface area contributed by atoms with Gasteiger partial charge in [-0.05, 0) is 55.4 Å². The minimum Gasteiger partial charge on any atom is -0.449 e. The van der Waals surface area contributed by atoms with E-state index in [0.717, 1.165) is 30.4 Å². The zero-order chi connectivity index (χ0) is 10.9. The number of hydrogen-bond donors (Lipinski definition) is 1. The van der Waals surface area contributed by atoms with Crippen LogP contribution in [-0.4, -0.2) is 18.8 Å². The Morgan fingerprint density at radius 3 is 2.93 bits per heavy atom. The molecule has 0 saturated carbocycles. The lowest BCUT2D eigenvalue weighted by atomic mass is 10.4. The molecule has 1 rings (SSSR count). The summed E-state index contributed by atoms with van der Waals surface area (Å²) >= 11 is 7.56.